The molecule has 114 valence electrons. The van der Waals surface area contributed by atoms with Crippen LogP contribution in [0.3, 0.4) is 0 Å². The first kappa shape index (κ1) is 16.6. The molecule has 0 atom stereocenters. The molecule has 1 rings (SSSR count). The molecule has 0 spiro atoms. The summed E-state index contributed by atoms with van der Waals surface area (Å²) in [7, 11) is 2.99. The van der Waals surface area contributed by atoms with E-state index in [0.29, 0.717) is 17.1 Å². The van der Waals surface area contributed by atoms with Gasteiger partial charge in [-0.2, -0.15) is 0 Å². The van der Waals surface area contributed by atoms with Crippen molar-refractivity contribution in [2.75, 3.05) is 27.3 Å². The van der Waals surface area contributed by atoms with Crippen LogP contribution in [-0.4, -0.2) is 49.2 Å². The number of methoxy groups -OCH3 is 2. The minimum atomic E-state index is -0.958. The minimum Gasteiger partial charge on any atom is -0.497 e. The Hall–Kier alpha value is -2.50. The highest BCUT2D eigenvalue weighted by atomic mass is 16.5. The fourth-order valence-corrected chi connectivity index (χ4v) is 1.78. The summed E-state index contributed by atoms with van der Waals surface area (Å²) in [5.41, 5.74) is 0.374. The standard InChI is InChI=1S/C15H19NO5/c1-4-6-16(7-5-14(17)18)15(19)11-8-12(20-2)10-13(9-11)21-3/h4,8-10H,1,5-7H2,2-3H3,(H,17,18). The van der Waals surface area contributed by atoms with Crippen molar-refractivity contribution < 1.29 is 24.2 Å². The predicted octanol–water partition coefficient (Wildman–Crippen LogP) is 1.81. The maximum atomic E-state index is 12.5. The Bertz CT molecular complexity index is 505. The molecule has 0 fully saturated rings. The molecule has 1 amide bonds. The van der Waals surface area contributed by atoms with Crippen LogP contribution in [-0.2, 0) is 4.79 Å². The molecule has 0 radical (unpaired) electrons. The minimum absolute atomic E-state index is 0.111. The number of carboxylic acid groups (broad SMARTS) is 1. The van der Waals surface area contributed by atoms with E-state index in [9.17, 15) is 9.59 Å². The van der Waals surface area contributed by atoms with Crippen LogP contribution >= 0.6 is 0 Å². The molecule has 1 N–H and O–H groups in total. The van der Waals surface area contributed by atoms with Crippen LogP contribution in [0.25, 0.3) is 0 Å². The van der Waals surface area contributed by atoms with Crippen LogP contribution in [0.5, 0.6) is 11.5 Å². The van der Waals surface area contributed by atoms with E-state index in [4.69, 9.17) is 14.6 Å². The second-order valence-corrected chi connectivity index (χ2v) is 4.28. The van der Waals surface area contributed by atoms with E-state index in [0.717, 1.165) is 0 Å². The first-order valence-corrected chi connectivity index (χ1v) is 6.36. The van der Waals surface area contributed by atoms with Gasteiger partial charge in [0.25, 0.3) is 5.91 Å². The number of hydrogen-bond donors (Lipinski definition) is 1. The average Bonchev–Trinajstić information content (AvgIpc) is 2.49. The lowest BCUT2D eigenvalue weighted by Gasteiger charge is -2.21. The molecule has 6 nitrogen and oxygen atoms in total. The Kier molecular flexibility index (Phi) is 6.26. The van der Waals surface area contributed by atoms with Crippen LogP contribution in [0.15, 0.2) is 30.9 Å². The van der Waals surface area contributed by atoms with E-state index in [1.807, 2.05) is 0 Å². The molecular formula is C15H19NO5. The number of ether oxygens (including phenoxy) is 2. The lowest BCUT2D eigenvalue weighted by molar-refractivity contribution is -0.137. The zero-order valence-corrected chi connectivity index (χ0v) is 12.2. The van der Waals surface area contributed by atoms with Crippen molar-refractivity contribution in [3.05, 3.63) is 36.4 Å². The van der Waals surface area contributed by atoms with Gasteiger partial charge in [-0.15, -0.1) is 6.58 Å². The molecule has 21 heavy (non-hydrogen) atoms. The number of aliphatic carboxylic acids is 1. The zero-order chi connectivity index (χ0) is 15.8. The second-order valence-electron chi connectivity index (χ2n) is 4.28. The molecule has 0 aliphatic carbocycles. The molecule has 0 bridgehead atoms. The summed E-state index contributed by atoms with van der Waals surface area (Å²) in [5.74, 6) is -0.266. The normalized spacial score (nSPS) is 9.81. The molecule has 0 aromatic heterocycles. The highest BCUT2D eigenvalue weighted by Crippen LogP contribution is 2.23. The number of benzene rings is 1. The predicted molar refractivity (Wildman–Crippen MR) is 77.9 cm³/mol. The summed E-state index contributed by atoms with van der Waals surface area (Å²) in [6, 6.07) is 4.83. The number of amides is 1. The van der Waals surface area contributed by atoms with Crippen molar-refractivity contribution in [1.82, 2.24) is 4.90 Å². The Labute approximate surface area is 123 Å². The van der Waals surface area contributed by atoms with Crippen LogP contribution in [0, 0.1) is 0 Å². The molecule has 0 heterocycles. The van der Waals surface area contributed by atoms with Gasteiger partial charge in [0, 0.05) is 24.7 Å². The van der Waals surface area contributed by atoms with E-state index in [2.05, 4.69) is 6.58 Å². The third-order valence-electron chi connectivity index (χ3n) is 2.83. The first-order valence-electron chi connectivity index (χ1n) is 6.36. The zero-order valence-electron chi connectivity index (χ0n) is 12.2. The van der Waals surface area contributed by atoms with E-state index < -0.39 is 5.97 Å². The van der Waals surface area contributed by atoms with Gasteiger partial charge in [0.05, 0.1) is 20.6 Å². The molecule has 1 aromatic rings. The summed E-state index contributed by atoms with van der Waals surface area (Å²) >= 11 is 0. The van der Waals surface area contributed by atoms with Gasteiger partial charge in [-0.1, -0.05) is 6.08 Å². The van der Waals surface area contributed by atoms with E-state index in [1.54, 1.807) is 24.3 Å². The molecule has 0 saturated heterocycles. The first-order chi connectivity index (χ1) is 10.0. The van der Waals surface area contributed by atoms with Crippen molar-refractivity contribution in [2.24, 2.45) is 0 Å². The maximum Gasteiger partial charge on any atom is 0.305 e. The summed E-state index contributed by atoms with van der Waals surface area (Å²) in [5, 5.41) is 8.74. The molecule has 1 aromatic carbocycles. The van der Waals surface area contributed by atoms with Gasteiger partial charge in [-0.3, -0.25) is 9.59 Å². The summed E-state index contributed by atoms with van der Waals surface area (Å²) in [4.78, 5) is 24.5. The largest absolute Gasteiger partial charge is 0.497 e. The van der Waals surface area contributed by atoms with Crippen molar-refractivity contribution in [3.63, 3.8) is 0 Å². The number of hydrogen-bond acceptors (Lipinski definition) is 4. The van der Waals surface area contributed by atoms with Crippen LogP contribution in [0.1, 0.15) is 16.8 Å². The van der Waals surface area contributed by atoms with Crippen molar-refractivity contribution in [3.8, 4) is 11.5 Å². The van der Waals surface area contributed by atoms with E-state index in [1.165, 1.54) is 19.1 Å². The topological polar surface area (TPSA) is 76.1 Å². The van der Waals surface area contributed by atoms with Crippen LogP contribution in [0.2, 0.25) is 0 Å². The molecule has 0 saturated carbocycles. The van der Waals surface area contributed by atoms with E-state index >= 15 is 0 Å². The Morgan fingerprint density at radius 3 is 2.24 bits per heavy atom. The summed E-state index contributed by atoms with van der Waals surface area (Å²) in [6.45, 7) is 3.96. The average molecular weight is 293 g/mol. The Morgan fingerprint density at radius 1 is 1.24 bits per heavy atom. The summed E-state index contributed by atoms with van der Waals surface area (Å²) in [6.07, 6.45) is 1.43. The van der Waals surface area contributed by atoms with Crippen molar-refractivity contribution in [1.29, 1.82) is 0 Å². The van der Waals surface area contributed by atoms with Gasteiger partial charge in [0.1, 0.15) is 11.5 Å². The van der Waals surface area contributed by atoms with Crippen LogP contribution in [0.4, 0.5) is 0 Å². The van der Waals surface area contributed by atoms with Gasteiger partial charge in [-0.05, 0) is 12.1 Å². The SMILES string of the molecule is C=CCN(CCC(=O)O)C(=O)c1cc(OC)cc(OC)c1. The number of carbonyl (C=O) groups is 2. The van der Waals surface area contributed by atoms with Crippen molar-refractivity contribution in [2.45, 2.75) is 6.42 Å². The highest BCUT2D eigenvalue weighted by Gasteiger charge is 2.17. The molecule has 6 heteroatoms. The Morgan fingerprint density at radius 2 is 1.81 bits per heavy atom. The monoisotopic (exact) mass is 293 g/mol. The third kappa shape index (κ3) is 4.83. The van der Waals surface area contributed by atoms with Gasteiger partial charge in [0.15, 0.2) is 0 Å². The third-order valence-corrected chi connectivity index (χ3v) is 2.83. The quantitative estimate of drug-likeness (QED) is 0.740. The van der Waals surface area contributed by atoms with Gasteiger partial charge in [0.2, 0.25) is 0 Å². The van der Waals surface area contributed by atoms with Gasteiger partial charge in [-0.25, -0.2) is 0 Å². The van der Waals surface area contributed by atoms with Crippen LogP contribution < -0.4 is 9.47 Å². The lowest BCUT2D eigenvalue weighted by Crippen LogP contribution is -2.33. The fourth-order valence-electron chi connectivity index (χ4n) is 1.78. The number of nitrogens with zero attached hydrogens (tertiary/aromatic N) is 1. The number of carbonyl (C=O) groups excluding carboxylic acids is 1. The van der Waals surface area contributed by atoms with Crippen molar-refractivity contribution >= 4 is 11.9 Å². The van der Waals surface area contributed by atoms with Gasteiger partial charge < -0.3 is 19.5 Å². The molecule has 0 aliphatic heterocycles. The molecule has 0 unspecified atom stereocenters. The number of rotatable bonds is 8. The van der Waals surface area contributed by atoms with Gasteiger partial charge >= 0.3 is 5.97 Å². The van der Waals surface area contributed by atoms with E-state index in [-0.39, 0.29) is 25.4 Å². The number of carboxylic acids is 1. The summed E-state index contributed by atoms with van der Waals surface area (Å²) < 4.78 is 10.2. The highest BCUT2D eigenvalue weighted by molar-refractivity contribution is 5.95. The smallest absolute Gasteiger partial charge is 0.305 e. The lowest BCUT2D eigenvalue weighted by atomic mass is 10.1. The molecule has 0 aliphatic rings. The second kappa shape index (κ2) is 7.94. The Balaban J connectivity index is 3.01. The molecular weight excluding hydrogens is 274 g/mol. The maximum absolute atomic E-state index is 12.5. The fraction of sp³-hybridized carbons (Fsp3) is 0.333.